The number of cyclic esters (lactones) is 1. The fraction of sp³-hybridized carbons (Fsp3) is 0.837. The molecule has 5 aliphatic rings. The molecule has 0 saturated carbocycles. The van der Waals surface area contributed by atoms with Gasteiger partial charge in [0.25, 0.3) is 0 Å². The number of unbranched alkanes of at least 4 members (excludes halogenated alkanes) is 3. The van der Waals surface area contributed by atoms with E-state index in [0.29, 0.717) is 37.1 Å². The maximum Gasteiger partial charge on any atom is 0.330 e. The van der Waals surface area contributed by atoms with Crippen LogP contribution < -0.4 is 0 Å². The van der Waals surface area contributed by atoms with Gasteiger partial charge in [-0.05, 0) is 121 Å². The first-order valence-electron chi connectivity index (χ1n) is 21.2. The number of rotatable bonds is 9. The van der Waals surface area contributed by atoms with Gasteiger partial charge in [-0.15, -0.1) is 0 Å². The topological polar surface area (TPSA) is 94.6 Å². The molecule has 0 aromatic carbocycles. The summed E-state index contributed by atoms with van der Waals surface area (Å²) >= 11 is 0. The van der Waals surface area contributed by atoms with Crippen molar-refractivity contribution in [3.63, 3.8) is 0 Å². The van der Waals surface area contributed by atoms with E-state index in [-0.39, 0.29) is 54.8 Å². The second-order valence-electron chi connectivity index (χ2n) is 16.8. The van der Waals surface area contributed by atoms with Gasteiger partial charge in [0.2, 0.25) is 5.91 Å². The molecule has 0 aliphatic carbocycles. The van der Waals surface area contributed by atoms with Gasteiger partial charge >= 0.3 is 11.9 Å². The molecule has 5 heterocycles. The first-order valence-corrected chi connectivity index (χ1v) is 21.2. The molecule has 5 fully saturated rings. The second-order valence-corrected chi connectivity index (χ2v) is 16.8. The van der Waals surface area contributed by atoms with E-state index in [2.05, 4.69) is 35.8 Å². The van der Waals surface area contributed by atoms with E-state index >= 15 is 0 Å². The molecule has 0 spiro atoms. The molecular formula is C43H70N2O7. The molecule has 0 N–H and O–H groups in total. The third-order valence-electron chi connectivity index (χ3n) is 12.4. The van der Waals surface area contributed by atoms with Crippen molar-refractivity contribution in [1.82, 2.24) is 9.80 Å². The number of likely N-dealkylation sites (tertiary alicyclic amines) is 2. The smallest absolute Gasteiger partial charge is 0.330 e. The van der Waals surface area contributed by atoms with Crippen molar-refractivity contribution in [2.24, 2.45) is 11.8 Å². The molecule has 0 aromatic rings. The van der Waals surface area contributed by atoms with Crippen molar-refractivity contribution in [1.29, 1.82) is 0 Å². The summed E-state index contributed by atoms with van der Waals surface area (Å²) in [5.41, 5.74) is 0.960. The Labute approximate surface area is 314 Å². The fourth-order valence-corrected chi connectivity index (χ4v) is 9.31. The number of methoxy groups -OCH3 is 1. The Morgan fingerprint density at radius 2 is 1.48 bits per heavy atom. The molecule has 7 atom stereocenters. The van der Waals surface area contributed by atoms with Crippen molar-refractivity contribution in [3.05, 3.63) is 23.8 Å². The lowest BCUT2D eigenvalue weighted by molar-refractivity contribution is -0.155. The van der Waals surface area contributed by atoms with Gasteiger partial charge in [0, 0.05) is 38.0 Å². The van der Waals surface area contributed by atoms with Crippen LogP contribution in [0.25, 0.3) is 0 Å². The van der Waals surface area contributed by atoms with Crippen LogP contribution >= 0.6 is 0 Å². The Kier molecular flexibility index (Phi) is 17.0. The van der Waals surface area contributed by atoms with E-state index in [1.54, 1.807) is 6.08 Å². The van der Waals surface area contributed by atoms with Crippen LogP contribution in [-0.2, 0) is 33.3 Å². The maximum absolute atomic E-state index is 13.4. The van der Waals surface area contributed by atoms with E-state index in [4.69, 9.17) is 18.9 Å². The molecule has 0 aromatic heterocycles. The Bertz CT molecular complexity index is 1170. The molecular weight excluding hydrogens is 656 g/mol. The van der Waals surface area contributed by atoms with Crippen molar-refractivity contribution in [2.45, 2.75) is 185 Å². The Morgan fingerprint density at radius 3 is 2.23 bits per heavy atom. The maximum atomic E-state index is 13.4. The lowest BCUT2D eigenvalue weighted by Gasteiger charge is -2.38. The van der Waals surface area contributed by atoms with Crippen LogP contribution in [-0.4, -0.2) is 97.5 Å². The number of hydrogen-bond donors (Lipinski definition) is 0. The second kappa shape index (κ2) is 21.6. The van der Waals surface area contributed by atoms with Gasteiger partial charge in [0.1, 0.15) is 6.10 Å². The standard InChI is InChI=1S/C43H70N2O7/c1-32-18-19-33(2)40(16-9-5-4-6-10-17-41(46)45-24-20-35(21-25-45)44-22-11-7-8-12-23-44)52-43(48)31-39-28-34(29-42(47)49-3)27-38(51-39)30-37-15-13-14-36(26-32)50-37/h9,16,29,32-33,35-40H,4-8,10-15,17-28,30-31H2,1-3H3/b16-9+,34-29-/t32?,33?,36?,37?,38?,39?,40-/m0/s1. The molecule has 9 nitrogen and oxygen atoms in total. The summed E-state index contributed by atoms with van der Waals surface area (Å²) in [4.78, 5) is 43.3. The van der Waals surface area contributed by atoms with Gasteiger partial charge in [-0.25, -0.2) is 4.79 Å². The molecule has 4 bridgehead atoms. The average molecular weight is 727 g/mol. The van der Waals surface area contributed by atoms with Crippen molar-refractivity contribution in [3.8, 4) is 0 Å². The number of ether oxygens (including phenoxy) is 4. The van der Waals surface area contributed by atoms with Gasteiger partial charge < -0.3 is 28.7 Å². The monoisotopic (exact) mass is 727 g/mol. The molecule has 9 heteroatoms. The van der Waals surface area contributed by atoms with Crippen LogP contribution in [0, 0.1) is 11.8 Å². The van der Waals surface area contributed by atoms with Crippen molar-refractivity contribution < 1.29 is 33.3 Å². The molecule has 5 aliphatic heterocycles. The SMILES string of the molecule is COC(=O)/C=C1\CC2CC(=O)O[C@@H](/C=C/CCCCCC(=O)N3CCC(N4CCCCCC4)CC3)C(C)CCC(C)CC3CCCC(CC(C1)O2)O3. The van der Waals surface area contributed by atoms with Crippen molar-refractivity contribution >= 4 is 17.8 Å². The van der Waals surface area contributed by atoms with E-state index in [1.165, 1.54) is 45.9 Å². The number of amides is 1. The number of piperidine rings is 1. The molecule has 5 saturated heterocycles. The Balaban J connectivity index is 1.09. The van der Waals surface area contributed by atoms with Gasteiger partial charge in [-0.3, -0.25) is 9.59 Å². The molecule has 5 rings (SSSR count). The quantitative estimate of drug-likeness (QED) is 0.102. The van der Waals surface area contributed by atoms with Gasteiger partial charge in [-0.2, -0.15) is 0 Å². The third kappa shape index (κ3) is 13.6. The summed E-state index contributed by atoms with van der Waals surface area (Å²) in [5, 5.41) is 0. The first kappa shape index (κ1) is 40.9. The first-order chi connectivity index (χ1) is 25.2. The summed E-state index contributed by atoms with van der Waals surface area (Å²) < 4.78 is 24.2. The predicted octanol–water partition coefficient (Wildman–Crippen LogP) is 8.09. The lowest BCUT2D eigenvalue weighted by Crippen LogP contribution is -2.47. The summed E-state index contributed by atoms with van der Waals surface area (Å²) in [7, 11) is 1.39. The summed E-state index contributed by atoms with van der Waals surface area (Å²) in [6.07, 6.45) is 26.1. The lowest BCUT2D eigenvalue weighted by atomic mass is 9.87. The zero-order valence-corrected chi connectivity index (χ0v) is 32.8. The Hall–Kier alpha value is -2.23. The van der Waals surface area contributed by atoms with Crippen LogP contribution in [0.5, 0.6) is 0 Å². The van der Waals surface area contributed by atoms with Crippen LogP contribution in [0.1, 0.15) is 149 Å². The van der Waals surface area contributed by atoms with E-state index in [9.17, 15) is 14.4 Å². The molecule has 52 heavy (non-hydrogen) atoms. The number of nitrogens with zero attached hydrogens (tertiary/aromatic N) is 2. The number of allylic oxidation sites excluding steroid dienone is 1. The van der Waals surface area contributed by atoms with E-state index in [0.717, 1.165) is 102 Å². The van der Waals surface area contributed by atoms with Crippen LogP contribution in [0.3, 0.4) is 0 Å². The van der Waals surface area contributed by atoms with Crippen molar-refractivity contribution in [2.75, 3.05) is 33.3 Å². The number of carbonyl (C=O) groups is 3. The number of carbonyl (C=O) groups excluding carboxylic acids is 3. The molecule has 294 valence electrons. The van der Waals surface area contributed by atoms with E-state index in [1.807, 2.05) is 0 Å². The molecule has 0 radical (unpaired) electrons. The summed E-state index contributed by atoms with van der Waals surface area (Å²) in [5.74, 6) is 0.407. The van der Waals surface area contributed by atoms with Crippen LogP contribution in [0.15, 0.2) is 23.8 Å². The Morgan fingerprint density at radius 1 is 0.769 bits per heavy atom. The highest BCUT2D eigenvalue weighted by atomic mass is 16.6. The minimum atomic E-state index is -0.369. The van der Waals surface area contributed by atoms with Gasteiger partial charge in [-0.1, -0.05) is 51.2 Å². The van der Waals surface area contributed by atoms with E-state index < -0.39 is 0 Å². The summed E-state index contributed by atoms with van der Waals surface area (Å²) in [6, 6.07) is 0.661. The van der Waals surface area contributed by atoms with Gasteiger partial charge in [0.05, 0.1) is 37.9 Å². The highest BCUT2D eigenvalue weighted by Gasteiger charge is 2.34. The number of hydrogen-bond acceptors (Lipinski definition) is 8. The predicted molar refractivity (Wildman–Crippen MR) is 204 cm³/mol. The number of fused-ring (bicyclic) bond motifs is 4. The number of esters is 2. The molecule has 6 unspecified atom stereocenters. The van der Waals surface area contributed by atoms with Crippen LogP contribution in [0.2, 0.25) is 0 Å². The van der Waals surface area contributed by atoms with Gasteiger partial charge in [0.15, 0.2) is 0 Å². The minimum absolute atomic E-state index is 0.109. The normalized spacial score (nSPS) is 33.1. The summed E-state index contributed by atoms with van der Waals surface area (Å²) in [6.45, 7) is 8.80. The van der Waals surface area contributed by atoms with Crippen LogP contribution in [0.4, 0.5) is 0 Å². The minimum Gasteiger partial charge on any atom is -0.466 e. The third-order valence-corrected chi connectivity index (χ3v) is 12.4. The zero-order valence-electron chi connectivity index (χ0n) is 32.8. The molecule has 1 amide bonds. The highest BCUT2D eigenvalue weighted by Crippen LogP contribution is 2.34. The highest BCUT2D eigenvalue weighted by molar-refractivity contribution is 5.82. The zero-order chi connectivity index (χ0) is 36.7. The largest absolute Gasteiger partial charge is 0.466 e. The fourth-order valence-electron chi connectivity index (χ4n) is 9.31. The average Bonchev–Trinajstić information content (AvgIpc) is 3.42.